The Kier molecular flexibility index (Phi) is 11.3. The zero-order chi connectivity index (χ0) is 29.4. The summed E-state index contributed by atoms with van der Waals surface area (Å²) in [6.07, 6.45) is 0.321. The van der Waals surface area contributed by atoms with E-state index in [0.717, 1.165) is 9.87 Å². The summed E-state index contributed by atoms with van der Waals surface area (Å²) in [5, 5.41) is 3.81. The molecule has 2 amide bonds. The van der Waals surface area contributed by atoms with E-state index in [2.05, 4.69) is 5.32 Å². The number of amides is 2. The van der Waals surface area contributed by atoms with Gasteiger partial charge in [0.25, 0.3) is 10.0 Å². The van der Waals surface area contributed by atoms with Crippen LogP contribution in [0.4, 0.5) is 5.69 Å². The molecule has 0 heterocycles. The third-order valence-corrected chi connectivity index (χ3v) is 8.92. The Morgan fingerprint density at radius 3 is 2.12 bits per heavy atom. The molecule has 0 aliphatic heterocycles. The van der Waals surface area contributed by atoms with E-state index >= 15 is 0 Å². The van der Waals surface area contributed by atoms with Gasteiger partial charge in [0.15, 0.2) is 0 Å². The van der Waals surface area contributed by atoms with Crippen LogP contribution in [0.2, 0.25) is 15.1 Å². The van der Waals surface area contributed by atoms with Gasteiger partial charge in [0.05, 0.1) is 20.6 Å². The van der Waals surface area contributed by atoms with E-state index in [1.54, 1.807) is 49.4 Å². The Balaban J connectivity index is 2.05. The highest BCUT2D eigenvalue weighted by Gasteiger charge is 2.33. The Morgan fingerprint density at radius 1 is 0.900 bits per heavy atom. The fraction of sp³-hybridized carbons (Fsp3) is 0.310. The average Bonchev–Trinajstić information content (AvgIpc) is 2.93. The molecule has 214 valence electrons. The maximum atomic E-state index is 14.0. The second-order valence-corrected chi connectivity index (χ2v) is 12.7. The Morgan fingerprint density at radius 2 is 1.55 bits per heavy atom. The van der Waals surface area contributed by atoms with Crippen molar-refractivity contribution in [1.82, 2.24) is 10.2 Å². The molecule has 0 fully saturated rings. The summed E-state index contributed by atoms with van der Waals surface area (Å²) in [4.78, 5) is 28.7. The van der Waals surface area contributed by atoms with Crippen LogP contribution in [-0.2, 0) is 26.2 Å². The van der Waals surface area contributed by atoms with E-state index in [1.807, 2.05) is 13.8 Å². The maximum Gasteiger partial charge on any atom is 0.264 e. The van der Waals surface area contributed by atoms with Crippen LogP contribution < -0.4 is 9.62 Å². The quantitative estimate of drug-likeness (QED) is 0.252. The molecule has 0 saturated carbocycles. The minimum atomic E-state index is -4.20. The lowest BCUT2D eigenvalue weighted by molar-refractivity contribution is -0.140. The first-order chi connectivity index (χ1) is 18.9. The van der Waals surface area contributed by atoms with Crippen LogP contribution in [0.1, 0.15) is 32.8 Å². The van der Waals surface area contributed by atoms with Gasteiger partial charge in [0.2, 0.25) is 11.8 Å². The monoisotopic (exact) mass is 623 g/mol. The van der Waals surface area contributed by atoms with Gasteiger partial charge in [-0.15, -0.1) is 0 Å². The minimum Gasteiger partial charge on any atom is -0.354 e. The molecular weight excluding hydrogens is 593 g/mol. The minimum absolute atomic E-state index is 0.000147. The van der Waals surface area contributed by atoms with Crippen LogP contribution in [0.3, 0.4) is 0 Å². The SMILES string of the molecule is CCC(C(=O)NCC(C)C)N(Cc1ccc(Cl)cc1)C(=O)CN(c1ccc(Cl)c(Cl)c1)S(=O)(=O)c1ccccc1. The molecular formula is C29H32Cl3N3O4S. The lowest BCUT2D eigenvalue weighted by atomic mass is 10.1. The standard InChI is InChI=1S/C29H32Cl3N3O4S/c1-4-27(29(37)33-17-20(2)3)34(18-21-10-12-22(30)13-11-21)28(36)19-35(23-14-15-25(31)26(32)16-23)40(38,39)24-8-6-5-7-9-24/h5-16,20,27H,4,17-19H2,1-3H3,(H,33,37). The van der Waals surface area contributed by atoms with E-state index in [0.29, 0.717) is 18.0 Å². The highest BCUT2D eigenvalue weighted by atomic mass is 35.5. The van der Waals surface area contributed by atoms with Gasteiger partial charge in [-0.3, -0.25) is 13.9 Å². The van der Waals surface area contributed by atoms with Crippen molar-refractivity contribution in [3.05, 3.63) is 93.4 Å². The van der Waals surface area contributed by atoms with Crippen LogP contribution >= 0.6 is 34.8 Å². The van der Waals surface area contributed by atoms with Gasteiger partial charge in [-0.25, -0.2) is 8.42 Å². The predicted octanol–water partition coefficient (Wildman–Crippen LogP) is 6.42. The number of hydrogen-bond acceptors (Lipinski definition) is 4. The zero-order valence-electron chi connectivity index (χ0n) is 22.5. The Labute approximate surface area is 251 Å². The smallest absolute Gasteiger partial charge is 0.264 e. The molecule has 7 nitrogen and oxygen atoms in total. The number of carbonyl (C=O) groups is 2. The number of sulfonamides is 1. The number of benzene rings is 3. The fourth-order valence-electron chi connectivity index (χ4n) is 4.02. The first kappa shape index (κ1) is 31.7. The molecule has 0 radical (unpaired) electrons. The molecule has 3 rings (SSSR count). The number of halogens is 3. The first-order valence-corrected chi connectivity index (χ1v) is 15.4. The van der Waals surface area contributed by atoms with Crippen LogP contribution in [0.15, 0.2) is 77.7 Å². The van der Waals surface area contributed by atoms with Crippen molar-refractivity contribution in [2.24, 2.45) is 5.92 Å². The molecule has 1 unspecified atom stereocenters. The molecule has 0 aliphatic rings. The van der Waals surface area contributed by atoms with Crippen molar-refractivity contribution in [1.29, 1.82) is 0 Å². The van der Waals surface area contributed by atoms with Gasteiger partial charge in [-0.05, 0) is 60.4 Å². The molecule has 0 aromatic heterocycles. The molecule has 3 aromatic carbocycles. The van der Waals surface area contributed by atoms with Crippen molar-refractivity contribution in [3.8, 4) is 0 Å². The van der Waals surface area contributed by atoms with E-state index < -0.39 is 28.5 Å². The van der Waals surface area contributed by atoms with Gasteiger partial charge >= 0.3 is 0 Å². The molecule has 11 heteroatoms. The lowest BCUT2D eigenvalue weighted by Gasteiger charge is -2.33. The van der Waals surface area contributed by atoms with Crippen LogP contribution in [0.5, 0.6) is 0 Å². The number of anilines is 1. The Bertz CT molecular complexity index is 1420. The summed E-state index contributed by atoms with van der Waals surface area (Å²) in [5.74, 6) is -0.666. The van der Waals surface area contributed by atoms with Crippen molar-refractivity contribution in [2.75, 3.05) is 17.4 Å². The number of carbonyl (C=O) groups excluding carboxylic acids is 2. The lowest BCUT2D eigenvalue weighted by Crippen LogP contribution is -2.52. The van der Waals surface area contributed by atoms with Crippen LogP contribution in [0, 0.1) is 5.92 Å². The summed E-state index contributed by atoms with van der Waals surface area (Å²) in [6, 6.07) is 18.2. The van der Waals surface area contributed by atoms with Gasteiger partial charge in [0, 0.05) is 18.1 Å². The molecule has 0 spiro atoms. The molecule has 40 heavy (non-hydrogen) atoms. The summed E-state index contributed by atoms with van der Waals surface area (Å²) in [6.45, 7) is 5.69. The van der Waals surface area contributed by atoms with Gasteiger partial charge in [0.1, 0.15) is 12.6 Å². The van der Waals surface area contributed by atoms with E-state index in [4.69, 9.17) is 34.8 Å². The van der Waals surface area contributed by atoms with Crippen LogP contribution in [-0.4, -0.2) is 44.3 Å². The van der Waals surface area contributed by atoms with E-state index in [1.165, 1.54) is 35.2 Å². The number of hydrogen-bond donors (Lipinski definition) is 1. The molecule has 3 aromatic rings. The largest absolute Gasteiger partial charge is 0.354 e. The van der Waals surface area contributed by atoms with Crippen molar-refractivity contribution in [2.45, 2.75) is 44.7 Å². The van der Waals surface area contributed by atoms with Crippen molar-refractivity contribution < 1.29 is 18.0 Å². The van der Waals surface area contributed by atoms with Crippen molar-refractivity contribution in [3.63, 3.8) is 0 Å². The fourth-order valence-corrected chi connectivity index (χ4v) is 5.86. The second kappa shape index (κ2) is 14.2. The molecule has 0 bridgehead atoms. The highest BCUT2D eigenvalue weighted by Crippen LogP contribution is 2.31. The third kappa shape index (κ3) is 8.13. The van der Waals surface area contributed by atoms with Gasteiger partial charge < -0.3 is 10.2 Å². The molecule has 1 N–H and O–H groups in total. The topological polar surface area (TPSA) is 86.8 Å². The van der Waals surface area contributed by atoms with Gasteiger partial charge in [-0.2, -0.15) is 0 Å². The highest BCUT2D eigenvalue weighted by molar-refractivity contribution is 7.92. The maximum absolute atomic E-state index is 14.0. The summed E-state index contributed by atoms with van der Waals surface area (Å²) in [5.41, 5.74) is 0.898. The van der Waals surface area contributed by atoms with E-state index in [9.17, 15) is 18.0 Å². The summed E-state index contributed by atoms with van der Waals surface area (Å²) in [7, 11) is -4.20. The summed E-state index contributed by atoms with van der Waals surface area (Å²) < 4.78 is 28.6. The molecule has 0 aliphatic carbocycles. The first-order valence-electron chi connectivity index (χ1n) is 12.8. The average molecular weight is 625 g/mol. The normalized spacial score (nSPS) is 12.2. The zero-order valence-corrected chi connectivity index (χ0v) is 25.6. The number of nitrogens with zero attached hydrogens (tertiary/aromatic N) is 2. The molecule has 1 atom stereocenters. The predicted molar refractivity (Wildman–Crippen MR) is 161 cm³/mol. The number of rotatable bonds is 12. The third-order valence-electron chi connectivity index (χ3n) is 6.14. The Hall–Kier alpha value is -2.78. The number of nitrogens with one attached hydrogen (secondary N) is 1. The summed E-state index contributed by atoms with van der Waals surface area (Å²) >= 11 is 18.4. The second-order valence-electron chi connectivity index (χ2n) is 9.63. The van der Waals surface area contributed by atoms with E-state index in [-0.39, 0.29) is 39.0 Å². The van der Waals surface area contributed by atoms with Crippen molar-refractivity contribution >= 4 is 62.3 Å². The van der Waals surface area contributed by atoms with Crippen LogP contribution in [0.25, 0.3) is 0 Å². The van der Waals surface area contributed by atoms with Gasteiger partial charge in [-0.1, -0.05) is 85.9 Å². The molecule has 0 saturated heterocycles.